The van der Waals surface area contributed by atoms with E-state index in [1.54, 1.807) is 0 Å². The first kappa shape index (κ1) is 32.1. The van der Waals surface area contributed by atoms with Gasteiger partial charge in [-0.3, -0.25) is 0 Å². The first-order valence-corrected chi connectivity index (χ1v) is 20.9. The zero-order chi connectivity index (χ0) is 38.0. The van der Waals surface area contributed by atoms with Gasteiger partial charge in [0.05, 0.1) is 16.6 Å². The molecule has 0 N–H and O–H groups in total. The second kappa shape index (κ2) is 12.0. The highest BCUT2D eigenvalue weighted by molar-refractivity contribution is 7.99. The topological polar surface area (TPSA) is 12.9 Å². The van der Waals surface area contributed by atoms with Gasteiger partial charge in [0.25, 0.3) is 0 Å². The Morgan fingerprint density at radius 2 is 0.879 bits per heavy atom. The van der Waals surface area contributed by atoms with Crippen LogP contribution in [-0.4, -0.2) is 4.98 Å². The SMILES string of the molecule is c1cc(-c2ccc3c4ccccc4c4ccccc4c3c2)cc(-c2nc3ccccc3c3c4c(ccc23)C2(c3ccccc3S4)c3ccccc3-c3ccccc32)c1. The zero-order valence-electron chi connectivity index (χ0n) is 31.4. The standard InChI is InChI=1S/C56H33NS/c1-2-18-39-37(16-1)38-17-3-4-19-40(38)46-33-35(28-29-41(39)46)34-14-13-15-36(32-34)54-45-30-31-50-55(53(45)44-22-7-11-26-51(44)57-54)58-52-27-12-10-25-49(52)56(50)47-23-8-5-20-42(47)43-21-6-9-24-48(43)56/h1-33H. The first-order valence-electron chi connectivity index (χ1n) is 20.0. The highest BCUT2D eigenvalue weighted by atomic mass is 32.2. The molecule has 0 saturated carbocycles. The van der Waals surface area contributed by atoms with E-state index < -0.39 is 5.41 Å². The molecular weight excluding hydrogens is 719 g/mol. The fraction of sp³-hybridized carbons (Fsp3) is 0.0179. The fourth-order valence-electron chi connectivity index (χ4n) is 10.5. The molecular formula is C56H33NS. The van der Waals surface area contributed by atoms with Crippen LogP contribution in [0.2, 0.25) is 0 Å². The lowest BCUT2D eigenvalue weighted by atomic mass is 9.67. The molecule has 1 nitrogen and oxygen atoms in total. The van der Waals surface area contributed by atoms with Gasteiger partial charge in [0.15, 0.2) is 0 Å². The summed E-state index contributed by atoms with van der Waals surface area (Å²) in [4.78, 5) is 8.09. The highest BCUT2D eigenvalue weighted by Gasteiger charge is 2.50. The van der Waals surface area contributed by atoms with E-state index in [-0.39, 0.29) is 0 Å². The molecule has 13 rings (SSSR count). The minimum absolute atomic E-state index is 0.436. The molecule has 2 heterocycles. The lowest BCUT2D eigenvalue weighted by molar-refractivity contribution is 0.726. The van der Waals surface area contributed by atoms with Crippen LogP contribution in [0.15, 0.2) is 210 Å². The number of para-hydroxylation sites is 1. The zero-order valence-corrected chi connectivity index (χ0v) is 32.2. The van der Waals surface area contributed by atoms with Gasteiger partial charge in [0.1, 0.15) is 0 Å². The summed E-state index contributed by atoms with van der Waals surface area (Å²) in [7, 11) is 0. The molecule has 0 atom stereocenters. The van der Waals surface area contributed by atoms with Crippen LogP contribution in [0.1, 0.15) is 22.3 Å². The molecule has 0 bridgehead atoms. The molecule has 268 valence electrons. The number of nitrogens with zero attached hydrogens (tertiary/aromatic N) is 1. The van der Waals surface area contributed by atoms with Gasteiger partial charge in [-0.25, -0.2) is 4.98 Å². The van der Waals surface area contributed by atoms with Crippen LogP contribution in [0.4, 0.5) is 0 Å². The lowest BCUT2D eigenvalue weighted by Gasteiger charge is -2.40. The highest BCUT2D eigenvalue weighted by Crippen LogP contribution is 2.63. The van der Waals surface area contributed by atoms with Gasteiger partial charge < -0.3 is 0 Å². The molecule has 1 aromatic heterocycles. The number of pyridine rings is 1. The van der Waals surface area contributed by atoms with E-state index in [0.29, 0.717) is 0 Å². The maximum Gasteiger partial charge on any atom is 0.0788 e. The molecule has 1 spiro atoms. The van der Waals surface area contributed by atoms with Crippen LogP contribution in [0.5, 0.6) is 0 Å². The van der Waals surface area contributed by atoms with Crippen molar-refractivity contribution in [2.24, 2.45) is 0 Å². The Labute approximate surface area is 340 Å². The van der Waals surface area contributed by atoms with Crippen molar-refractivity contribution in [1.82, 2.24) is 4.98 Å². The molecule has 1 aliphatic heterocycles. The third kappa shape index (κ3) is 4.25. The molecule has 10 aromatic carbocycles. The largest absolute Gasteiger partial charge is 0.247 e. The molecule has 1 aliphatic carbocycles. The minimum atomic E-state index is -0.436. The number of hydrogen-bond donors (Lipinski definition) is 0. The van der Waals surface area contributed by atoms with Gasteiger partial charge in [-0.15, -0.1) is 0 Å². The van der Waals surface area contributed by atoms with Crippen LogP contribution in [0.25, 0.3) is 87.5 Å². The Hall–Kier alpha value is -7.00. The van der Waals surface area contributed by atoms with Crippen LogP contribution in [0.3, 0.4) is 0 Å². The minimum Gasteiger partial charge on any atom is -0.247 e. The molecule has 0 unspecified atom stereocenters. The van der Waals surface area contributed by atoms with E-state index in [0.717, 1.165) is 16.8 Å². The van der Waals surface area contributed by atoms with E-state index in [1.165, 1.54) is 103 Å². The summed E-state index contributed by atoms with van der Waals surface area (Å²) in [6, 6.07) is 74.3. The first-order chi connectivity index (χ1) is 28.8. The third-order valence-corrected chi connectivity index (χ3v) is 14.1. The van der Waals surface area contributed by atoms with Crippen molar-refractivity contribution in [3.05, 3.63) is 222 Å². The second-order valence-corrected chi connectivity index (χ2v) is 16.8. The van der Waals surface area contributed by atoms with Crippen molar-refractivity contribution >= 4 is 65.8 Å². The summed E-state index contributed by atoms with van der Waals surface area (Å²) < 4.78 is 0. The molecule has 2 heteroatoms. The van der Waals surface area contributed by atoms with E-state index in [2.05, 4.69) is 200 Å². The normalized spacial score (nSPS) is 13.6. The Bertz CT molecular complexity index is 3480. The number of aromatic nitrogens is 1. The van der Waals surface area contributed by atoms with Gasteiger partial charge in [-0.05, 0) is 101 Å². The molecule has 0 saturated heterocycles. The van der Waals surface area contributed by atoms with Crippen LogP contribution in [-0.2, 0) is 5.41 Å². The summed E-state index contributed by atoms with van der Waals surface area (Å²) in [5.41, 5.74) is 13.1. The third-order valence-electron chi connectivity index (χ3n) is 12.9. The fourth-order valence-corrected chi connectivity index (χ4v) is 11.9. The molecule has 0 radical (unpaired) electrons. The summed E-state index contributed by atoms with van der Waals surface area (Å²) in [5, 5.41) is 11.4. The molecule has 2 aliphatic rings. The van der Waals surface area contributed by atoms with Gasteiger partial charge in [-0.2, -0.15) is 0 Å². The average molecular weight is 752 g/mol. The molecule has 58 heavy (non-hydrogen) atoms. The van der Waals surface area contributed by atoms with Crippen LogP contribution in [0, 0.1) is 0 Å². The number of fused-ring (bicyclic) bond motifs is 19. The van der Waals surface area contributed by atoms with Crippen molar-refractivity contribution < 1.29 is 0 Å². The molecule has 11 aromatic rings. The lowest BCUT2D eigenvalue weighted by Crippen LogP contribution is -2.32. The monoisotopic (exact) mass is 751 g/mol. The Morgan fingerprint density at radius 1 is 0.345 bits per heavy atom. The number of benzene rings is 10. The quantitative estimate of drug-likeness (QED) is 0.163. The van der Waals surface area contributed by atoms with E-state index in [4.69, 9.17) is 4.98 Å². The van der Waals surface area contributed by atoms with E-state index in [9.17, 15) is 0 Å². The van der Waals surface area contributed by atoms with Crippen LogP contribution >= 0.6 is 11.8 Å². The average Bonchev–Trinajstić information content (AvgIpc) is 3.59. The van der Waals surface area contributed by atoms with Gasteiger partial charge in [-0.1, -0.05) is 188 Å². The Morgan fingerprint density at radius 3 is 1.60 bits per heavy atom. The Balaban J connectivity index is 1.06. The summed E-state index contributed by atoms with van der Waals surface area (Å²) in [6.45, 7) is 0. The summed E-state index contributed by atoms with van der Waals surface area (Å²) in [6.07, 6.45) is 0. The van der Waals surface area contributed by atoms with Gasteiger partial charge in [0.2, 0.25) is 0 Å². The van der Waals surface area contributed by atoms with Crippen LogP contribution < -0.4 is 0 Å². The number of rotatable bonds is 2. The van der Waals surface area contributed by atoms with Gasteiger partial charge in [0, 0.05) is 31.5 Å². The molecule has 0 fully saturated rings. The maximum atomic E-state index is 5.48. The second-order valence-electron chi connectivity index (χ2n) is 15.7. The Kier molecular flexibility index (Phi) is 6.65. The maximum absolute atomic E-state index is 5.48. The predicted octanol–water partition coefficient (Wildman–Crippen LogP) is 15.0. The van der Waals surface area contributed by atoms with Crippen molar-refractivity contribution in [2.75, 3.05) is 0 Å². The van der Waals surface area contributed by atoms with E-state index in [1.807, 2.05) is 11.8 Å². The van der Waals surface area contributed by atoms with Crippen molar-refractivity contribution in [1.29, 1.82) is 0 Å². The van der Waals surface area contributed by atoms with E-state index >= 15 is 0 Å². The number of hydrogen-bond acceptors (Lipinski definition) is 2. The molecule has 0 amide bonds. The van der Waals surface area contributed by atoms with Crippen molar-refractivity contribution in [3.8, 4) is 33.5 Å². The smallest absolute Gasteiger partial charge is 0.0788 e. The predicted molar refractivity (Wildman–Crippen MR) is 244 cm³/mol. The summed E-state index contributed by atoms with van der Waals surface area (Å²) >= 11 is 1.92. The summed E-state index contributed by atoms with van der Waals surface area (Å²) in [5.74, 6) is 0. The van der Waals surface area contributed by atoms with Crippen molar-refractivity contribution in [3.63, 3.8) is 0 Å². The van der Waals surface area contributed by atoms with Crippen molar-refractivity contribution in [2.45, 2.75) is 15.2 Å². The van der Waals surface area contributed by atoms with Gasteiger partial charge >= 0.3 is 0 Å².